The molecule has 0 unspecified atom stereocenters. The summed E-state index contributed by atoms with van der Waals surface area (Å²) in [4.78, 5) is 27.4. The molecule has 2 amide bonds. The molecule has 1 heterocycles. The molecule has 0 spiro atoms. The van der Waals surface area contributed by atoms with Crippen LogP contribution in [0.25, 0.3) is 0 Å². The number of hydrogen-bond donors (Lipinski definition) is 1. The third-order valence-corrected chi connectivity index (χ3v) is 3.37. The molecule has 19 heavy (non-hydrogen) atoms. The molecule has 1 aliphatic rings. The van der Waals surface area contributed by atoms with Gasteiger partial charge in [0.05, 0.1) is 0 Å². The van der Waals surface area contributed by atoms with Gasteiger partial charge in [0.2, 0.25) is 11.8 Å². The number of aliphatic hydroxyl groups excluding tert-OH is 1. The van der Waals surface area contributed by atoms with Gasteiger partial charge in [-0.25, -0.2) is 0 Å². The van der Waals surface area contributed by atoms with Crippen LogP contribution < -0.4 is 0 Å². The molecular formula is C14H26N2O3. The van der Waals surface area contributed by atoms with Gasteiger partial charge in [-0.1, -0.05) is 13.8 Å². The molecule has 5 nitrogen and oxygen atoms in total. The second kappa shape index (κ2) is 8.15. The van der Waals surface area contributed by atoms with Gasteiger partial charge in [-0.2, -0.15) is 0 Å². The molecule has 0 aromatic rings. The number of hydrogen-bond acceptors (Lipinski definition) is 3. The number of amides is 2. The van der Waals surface area contributed by atoms with Crippen LogP contribution in [0, 0.1) is 5.92 Å². The van der Waals surface area contributed by atoms with E-state index in [1.165, 1.54) is 0 Å². The summed E-state index contributed by atoms with van der Waals surface area (Å²) in [5, 5.41) is 8.69. The average molecular weight is 270 g/mol. The Hall–Kier alpha value is -1.10. The zero-order chi connectivity index (χ0) is 14.3. The highest BCUT2D eigenvalue weighted by atomic mass is 16.3. The van der Waals surface area contributed by atoms with E-state index in [2.05, 4.69) is 0 Å². The number of carbonyl (C=O) groups excluding carboxylic acids is 2. The molecule has 0 aromatic heterocycles. The van der Waals surface area contributed by atoms with Gasteiger partial charge >= 0.3 is 0 Å². The van der Waals surface area contributed by atoms with Crippen LogP contribution in [0.5, 0.6) is 0 Å². The predicted octanol–water partition coefficient (Wildman–Crippen LogP) is 0.866. The van der Waals surface area contributed by atoms with Crippen LogP contribution in [0.1, 0.15) is 39.5 Å². The Labute approximate surface area is 115 Å². The lowest BCUT2D eigenvalue weighted by Crippen LogP contribution is -2.50. The van der Waals surface area contributed by atoms with Crippen molar-refractivity contribution in [2.45, 2.75) is 39.5 Å². The van der Waals surface area contributed by atoms with E-state index in [9.17, 15) is 9.59 Å². The largest absolute Gasteiger partial charge is 0.396 e. The molecule has 0 bridgehead atoms. The van der Waals surface area contributed by atoms with Gasteiger partial charge in [0.1, 0.15) is 0 Å². The maximum atomic E-state index is 11.9. The van der Waals surface area contributed by atoms with Crippen LogP contribution in [0.3, 0.4) is 0 Å². The molecule has 1 fully saturated rings. The topological polar surface area (TPSA) is 60.9 Å². The molecule has 1 N–H and O–H groups in total. The number of piperazine rings is 1. The van der Waals surface area contributed by atoms with Crippen molar-refractivity contribution in [2.24, 2.45) is 5.92 Å². The first-order chi connectivity index (χ1) is 9.04. The Morgan fingerprint density at radius 3 is 2.00 bits per heavy atom. The Morgan fingerprint density at radius 2 is 1.53 bits per heavy atom. The van der Waals surface area contributed by atoms with E-state index >= 15 is 0 Å². The Kier molecular flexibility index (Phi) is 6.84. The monoisotopic (exact) mass is 270 g/mol. The minimum Gasteiger partial charge on any atom is -0.396 e. The van der Waals surface area contributed by atoms with E-state index < -0.39 is 0 Å². The first-order valence-corrected chi connectivity index (χ1v) is 7.21. The molecule has 1 rings (SSSR count). The third-order valence-electron chi connectivity index (χ3n) is 3.37. The lowest BCUT2D eigenvalue weighted by Gasteiger charge is -2.35. The highest BCUT2D eigenvalue weighted by Crippen LogP contribution is 2.10. The van der Waals surface area contributed by atoms with Crippen LogP contribution >= 0.6 is 0 Å². The van der Waals surface area contributed by atoms with Crippen molar-refractivity contribution in [3.05, 3.63) is 0 Å². The quantitative estimate of drug-likeness (QED) is 0.728. The smallest absolute Gasteiger partial charge is 0.222 e. The Morgan fingerprint density at radius 1 is 1.00 bits per heavy atom. The van der Waals surface area contributed by atoms with Gasteiger partial charge in [-0.15, -0.1) is 0 Å². The van der Waals surface area contributed by atoms with Crippen molar-refractivity contribution in [2.75, 3.05) is 32.8 Å². The highest BCUT2D eigenvalue weighted by Gasteiger charge is 2.23. The van der Waals surface area contributed by atoms with E-state index in [-0.39, 0.29) is 18.4 Å². The average Bonchev–Trinajstić information content (AvgIpc) is 2.38. The number of unbranched alkanes of at least 4 members (excludes halogenated alkanes) is 1. The Bertz CT molecular complexity index is 297. The minimum atomic E-state index is 0.143. The van der Waals surface area contributed by atoms with Crippen molar-refractivity contribution < 1.29 is 14.7 Å². The summed E-state index contributed by atoms with van der Waals surface area (Å²) in [5.41, 5.74) is 0. The fourth-order valence-electron chi connectivity index (χ4n) is 2.23. The van der Waals surface area contributed by atoms with Gasteiger partial charge in [0.25, 0.3) is 0 Å². The fourth-order valence-corrected chi connectivity index (χ4v) is 2.23. The lowest BCUT2D eigenvalue weighted by molar-refractivity contribution is -0.140. The predicted molar refractivity (Wildman–Crippen MR) is 73.6 cm³/mol. The zero-order valence-corrected chi connectivity index (χ0v) is 12.1. The molecule has 0 aromatic carbocycles. The summed E-state index contributed by atoms with van der Waals surface area (Å²) in [5.74, 6) is 0.720. The van der Waals surface area contributed by atoms with Crippen LogP contribution in [0.2, 0.25) is 0 Å². The number of carbonyl (C=O) groups is 2. The fraction of sp³-hybridized carbons (Fsp3) is 0.857. The molecule has 0 saturated carbocycles. The summed E-state index contributed by atoms with van der Waals surface area (Å²) in [6.45, 7) is 6.81. The second-order valence-corrected chi connectivity index (χ2v) is 5.54. The molecule has 0 radical (unpaired) electrons. The lowest BCUT2D eigenvalue weighted by atomic mass is 10.1. The maximum Gasteiger partial charge on any atom is 0.222 e. The second-order valence-electron chi connectivity index (χ2n) is 5.54. The molecule has 110 valence electrons. The van der Waals surface area contributed by atoms with Crippen LogP contribution in [0.4, 0.5) is 0 Å². The first kappa shape index (κ1) is 16.0. The van der Waals surface area contributed by atoms with E-state index in [1.54, 1.807) is 0 Å². The van der Waals surface area contributed by atoms with Crippen LogP contribution in [-0.2, 0) is 9.59 Å². The minimum absolute atomic E-state index is 0.143. The normalized spacial score (nSPS) is 16.0. The van der Waals surface area contributed by atoms with Gasteiger partial charge in [0, 0.05) is 45.6 Å². The van der Waals surface area contributed by atoms with Gasteiger partial charge < -0.3 is 14.9 Å². The number of rotatable bonds is 6. The summed E-state index contributed by atoms with van der Waals surface area (Å²) in [7, 11) is 0. The zero-order valence-electron chi connectivity index (χ0n) is 12.1. The van der Waals surface area contributed by atoms with E-state index in [1.807, 2.05) is 23.6 Å². The summed E-state index contributed by atoms with van der Waals surface area (Å²) < 4.78 is 0. The van der Waals surface area contributed by atoms with Crippen molar-refractivity contribution in [1.29, 1.82) is 0 Å². The SMILES string of the molecule is CC(C)CC(=O)N1CCN(C(=O)CCCCO)CC1. The Balaban J connectivity index is 2.28. The van der Waals surface area contributed by atoms with E-state index in [4.69, 9.17) is 5.11 Å². The number of aliphatic hydroxyl groups is 1. The molecule has 1 aliphatic heterocycles. The molecule has 0 atom stereocenters. The highest BCUT2D eigenvalue weighted by molar-refractivity contribution is 5.78. The summed E-state index contributed by atoms with van der Waals surface area (Å²) >= 11 is 0. The molecule has 5 heteroatoms. The van der Waals surface area contributed by atoms with E-state index in [0.29, 0.717) is 51.4 Å². The van der Waals surface area contributed by atoms with Gasteiger partial charge in [-0.3, -0.25) is 9.59 Å². The third kappa shape index (κ3) is 5.59. The summed E-state index contributed by atoms with van der Waals surface area (Å²) in [6, 6.07) is 0. The van der Waals surface area contributed by atoms with Crippen molar-refractivity contribution in [3.8, 4) is 0 Å². The maximum absolute atomic E-state index is 11.9. The van der Waals surface area contributed by atoms with Crippen molar-refractivity contribution in [3.63, 3.8) is 0 Å². The van der Waals surface area contributed by atoms with E-state index in [0.717, 1.165) is 6.42 Å². The van der Waals surface area contributed by atoms with Gasteiger partial charge in [0.15, 0.2) is 0 Å². The van der Waals surface area contributed by atoms with Gasteiger partial charge in [-0.05, 0) is 18.8 Å². The standard InChI is InChI=1S/C14H26N2O3/c1-12(2)11-14(19)16-8-6-15(7-9-16)13(18)5-3-4-10-17/h12,17H,3-11H2,1-2H3. The van der Waals surface area contributed by atoms with Crippen LogP contribution in [-0.4, -0.2) is 59.5 Å². The van der Waals surface area contributed by atoms with Crippen molar-refractivity contribution in [1.82, 2.24) is 9.80 Å². The molecular weight excluding hydrogens is 244 g/mol. The first-order valence-electron chi connectivity index (χ1n) is 7.21. The molecule has 0 aliphatic carbocycles. The summed E-state index contributed by atoms with van der Waals surface area (Å²) in [6.07, 6.45) is 2.51. The molecule has 1 saturated heterocycles. The van der Waals surface area contributed by atoms with Crippen molar-refractivity contribution >= 4 is 11.8 Å². The number of nitrogens with zero attached hydrogens (tertiary/aromatic N) is 2. The van der Waals surface area contributed by atoms with Crippen LogP contribution in [0.15, 0.2) is 0 Å².